The molecular weight excluding hydrogens is 382 g/mol. The van der Waals surface area contributed by atoms with Gasteiger partial charge in [-0.2, -0.15) is 0 Å². The molecule has 2 saturated heterocycles. The SMILES string of the molecule is COC(=O)c1ccccc1NC(=O)[C@H]1C[C@H]2CCCN2[C@@]12C(=O)Nc1ccccc12. The molecule has 7 heteroatoms. The van der Waals surface area contributed by atoms with Crippen LogP contribution in [0.15, 0.2) is 48.5 Å². The summed E-state index contributed by atoms with van der Waals surface area (Å²) in [7, 11) is 1.31. The van der Waals surface area contributed by atoms with Crippen LogP contribution in [0.5, 0.6) is 0 Å². The van der Waals surface area contributed by atoms with Crippen LogP contribution in [0.25, 0.3) is 0 Å². The lowest BCUT2D eigenvalue weighted by atomic mass is 9.78. The van der Waals surface area contributed by atoms with E-state index in [2.05, 4.69) is 15.5 Å². The number of methoxy groups -OCH3 is 1. The van der Waals surface area contributed by atoms with Crippen molar-refractivity contribution in [1.29, 1.82) is 0 Å². The molecule has 0 aliphatic carbocycles. The van der Waals surface area contributed by atoms with E-state index in [1.165, 1.54) is 7.11 Å². The zero-order chi connectivity index (χ0) is 20.9. The van der Waals surface area contributed by atoms with Crippen molar-refractivity contribution in [2.24, 2.45) is 5.92 Å². The Morgan fingerprint density at radius 1 is 1.17 bits per heavy atom. The lowest BCUT2D eigenvalue weighted by Crippen LogP contribution is -2.53. The molecule has 2 amide bonds. The fourth-order valence-corrected chi connectivity index (χ4v) is 5.48. The first-order valence-corrected chi connectivity index (χ1v) is 10.2. The first-order chi connectivity index (χ1) is 14.6. The molecule has 3 atom stereocenters. The Bertz CT molecular complexity index is 1050. The van der Waals surface area contributed by atoms with E-state index in [9.17, 15) is 14.4 Å². The molecule has 1 spiro atoms. The van der Waals surface area contributed by atoms with Gasteiger partial charge >= 0.3 is 5.97 Å². The predicted octanol–water partition coefficient (Wildman–Crippen LogP) is 2.74. The number of anilines is 2. The number of hydrogen-bond acceptors (Lipinski definition) is 5. The van der Waals surface area contributed by atoms with Crippen LogP contribution < -0.4 is 10.6 Å². The second-order valence-corrected chi connectivity index (χ2v) is 8.07. The molecule has 154 valence electrons. The fraction of sp³-hybridized carbons (Fsp3) is 0.348. The van der Waals surface area contributed by atoms with Gasteiger partial charge in [0.15, 0.2) is 0 Å². The molecule has 2 aromatic rings. The van der Waals surface area contributed by atoms with Gasteiger partial charge in [0, 0.05) is 17.3 Å². The Kier molecular flexibility index (Phi) is 4.36. The number of para-hydroxylation sites is 2. The summed E-state index contributed by atoms with van der Waals surface area (Å²) in [5, 5.41) is 5.91. The zero-order valence-corrected chi connectivity index (χ0v) is 16.7. The third kappa shape index (κ3) is 2.51. The average Bonchev–Trinajstić information content (AvgIpc) is 3.42. The number of esters is 1. The number of hydrogen-bond donors (Lipinski definition) is 2. The molecule has 7 nitrogen and oxygen atoms in total. The number of ether oxygens (including phenoxy) is 1. The van der Waals surface area contributed by atoms with Gasteiger partial charge < -0.3 is 15.4 Å². The van der Waals surface area contributed by atoms with Gasteiger partial charge in [0.25, 0.3) is 0 Å². The van der Waals surface area contributed by atoms with E-state index in [4.69, 9.17) is 4.74 Å². The minimum atomic E-state index is -1.01. The van der Waals surface area contributed by atoms with Gasteiger partial charge in [-0.1, -0.05) is 30.3 Å². The van der Waals surface area contributed by atoms with E-state index < -0.39 is 17.4 Å². The van der Waals surface area contributed by atoms with Gasteiger partial charge in [0.05, 0.1) is 24.3 Å². The number of carbonyl (C=O) groups excluding carboxylic acids is 3. The summed E-state index contributed by atoms with van der Waals surface area (Å²) in [6, 6.07) is 14.6. The summed E-state index contributed by atoms with van der Waals surface area (Å²) in [5.41, 5.74) is 1.30. The van der Waals surface area contributed by atoms with Gasteiger partial charge in [-0.25, -0.2) is 4.79 Å². The lowest BCUT2D eigenvalue weighted by Gasteiger charge is -2.36. The molecule has 3 heterocycles. The summed E-state index contributed by atoms with van der Waals surface area (Å²) < 4.78 is 4.84. The Labute approximate surface area is 174 Å². The van der Waals surface area contributed by atoms with Crippen LogP contribution in [0, 0.1) is 5.92 Å². The standard InChI is InChI=1S/C23H23N3O4/c1-30-21(28)15-8-2-4-10-18(15)24-20(27)17-13-14-7-6-12-26(14)23(17)16-9-3-5-11-19(16)25-22(23)29/h2-5,8-11,14,17H,6-7,12-13H2,1H3,(H,24,27)(H,25,29)/t14-,17-,23-/m1/s1. The Hall–Kier alpha value is -3.19. The number of carbonyl (C=O) groups is 3. The van der Waals surface area contributed by atoms with Gasteiger partial charge in [-0.15, -0.1) is 0 Å². The van der Waals surface area contributed by atoms with Crippen molar-refractivity contribution >= 4 is 29.2 Å². The third-order valence-corrected chi connectivity index (χ3v) is 6.68. The molecule has 2 N–H and O–H groups in total. The molecule has 0 radical (unpaired) electrons. The van der Waals surface area contributed by atoms with Crippen LogP contribution in [0.2, 0.25) is 0 Å². The van der Waals surface area contributed by atoms with E-state index >= 15 is 0 Å². The molecule has 0 saturated carbocycles. The molecule has 0 unspecified atom stereocenters. The van der Waals surface area contributed by atoms with Crippen molar-refractivity contribution in [2.75, 3.05) is 24.3 Å². The molecule has 0 aromatic heterocycles. The second-order valence-electron chi connectivity index (χ2n) is 8.07. The molecule has 5 rings (SSSR count). The third-order valence-electron chi connectivity index (χ3n) is 6.68. The summed E-state index contributed by atoms with van der Waals surface area (Å²) in [4.78, 5) is 41.3. The lowest BCUT2D eigenvalue weighted by molar-refractivity contribution is -0.135. The number of benzene rings is 2. The highest BCUT2D eigenvalue weighted by molar-refractivity contribution is 6.11. The number of nitrogens with one attached hydrogen (secondary N) is 2. The normalized spacial score (nSPS) is 26.9. The van der Waals surface area contributed by atoms with Crippen LogP contribution in [0.3, 0.4) is 0 Å². The van der Waals surface area contributed by atoms with Crippen LogP contribution in [0.4, 0.5) is 11.4 Å². The van der Waals surface area contributed by atoms with Crippen molar-refractivity contribution in [3.8, 4) is 0 Å². The highest BCUT2D eigenvalue weighted by Crippen LogP contribution is 2.55. The molecule has 2 fully saturated rings. The predicted molar refractivity (Wildman–Crippen MR) is 111 cm³/mol. The van der Waals surface area contributed by atoms with E-state index in [0.717, 1.165) is 30.6 Å². The van der Waals surface area contributed by atoms with E-state index in [1.54, 1.807) is 24.3 Å². The van der Waals surface area contributed by atoms with Crippen LogP contribution in [-0.4, -0.2) is 42.4 Å². The maximum absolute atomic E-state index is 13.6. The molecule has 0 bridgehead atoms. The van der Waals surface area contributed by atoms with E-state index in [0.29, 0.717) is 12.1 Å². The van der Waals surface area contributed by atoms with Gasteiger partial charge in [-0.05, 0) is 44.0 Å². The van der Waals surface area contributed by atoms with Gasteiger partial charge in [0.1, 0.15) is 5.54 Å². The van der Waals surface area contributed by atoms with E-state index in [1.807, 2.05) is 24.3 Å². The van der Waals surface area contributed by atoms with Crippen molar-refractivity contribution in [1.82, 2.24) is 4.90 Å². The van der Waals surface area contributed by atoms with Gasteiger partial charge in [0.2, 0.25) is 11.8 Å². The summed E-state index contributed by atoms with van der Waals surface area (Å²) in [6.07, 6.45) is 2.59. The molecule has 30 heavy (non-hydrogen) atoms. The average molecular weight is 405 g/mol. The second kappa shape index (κ2) is 6.95. The Morgan fingerprint density at radius 3 is 2.77 bits per heavy atom. The molecule has 2 aromatic carbocycles. The minimum Gasteiger partial charge on any atom is -0.465 e. The van der Waals surface area contributed by atoms with Crippen LogP contribution in [-0.2, 0) is 19.9 Å². The summed E-state index contributed by atoms with van der Waals surface area (Å²) in [5.74, 6) is -1.48. The Balaban J connectivity index is 1.55. The smallest absolute Gasteiger partial charge is 0.339 e. The number of rotatable bonds is 3. The quantitative estimate of drug-likeness (QED) is 0.767. The highest BCUT2D eigenvalue weighted by atomic mass is 16.5. The summed E-state index contributed by atoms with van der Waals surface area (Å²) in [6.45, 7) is 0.787. The van der Waals surface area contributed by atoms with Crippen molar-refractivity contribution in [3.05, 3.63) is 59.7 Å². The first-order valence-electron chi connectivity index (χ1n) is 10.2. The topological polar surface area (TPSA) is 87.7 Å². The summed E-state index contributed by atoms with van der Waals surface area (Å²) >= 11 is 0. The number of fused-ring (bicyclic) bond motifs is 4. The van der Waals surface area contributed by atoms with Crippen LogP contribution >= 0.6 is 0 Å². The maximum atomic E-state index is 13.6. The van der Waals surface area contributed by atoms with Crippen LogP contribution in [0.1, 0.15) is 35.2 Å². The van der Waals surface area contributed by atoms with Crippen molar-refractivity contribution in [3.63, 3.8) is 0 Å². The largest absolute Gasteiger partial charge is 0.465 e. The zero-order valence-electron chi connectivity index (χ0n) is 16.7. The minimum absolute atomic E-state index is 0.144. The number of nitrogens with zero attached hydrogens (tertiary/aromatic N) is 1. The number of amides is 2. The van der Waals surface area contributed by atoms with E-state index in [-0.39, 0.29) is 23.4 Å². The monoisotopic (exact) mass is 405 g/mol. The molecule has 3 aliphatic heterocycles. The van der Waals surface area contributed by atoms with Crippen molar-refractivity contribution in [2.45, 2.75) is 30.8 Å². The molecule has 3 aliphatic rings. The Morgan fingerprint density at radius 2 is 1.93 bits per heavy atom. The maximum Gasteiger partial charge on any atom is 0.339 e. The highest BCUT2D eigenvalue weighted by Gasteiger charge is 2.65. The molecular formula is C23H23N3O4. The fourth-order valence-electron chi connectivity index (χ4n) is 5.48. The first kappa shape index (κ1) is 18.8. The van der Waals surface area contributed by atoms with Gasteiger partial charge in [-0.3, -0.25) is 14.5 Å². The van der Waals surface area contributed by atoms with Crippen molar-refractivity contribution < 1.29 is 19.1 Å².